The first-order valence-electron chi connectivity index (χ1n) is 7.30. The first-order valence-corrected chi connectivity index (χ1v) is 8.97. The molecule has 7 heteroatoms. The number of aromatic nitrogens is 1. The molecule has 1 aliphatic rings. The molecule has 118 valence electrons. The molecule has 0 saturated carbocycles. The minimum absolute atomic E-state index is 0.126. The standard InChI is InChI=1S/C15H18BrN3O2S/c1-11-9-12(17-21-11)10-18-4-2-5-19(7-6-18)15(20)14-13(16)3-8-22-14/h3,8-9H,2,4-7,10H2,1H3. The Labute approximate surface area is 142 Å². The molecule has 0 aliphatic carbocycles. The Morgan fingerprint density at radius 2 is 2.27 bits per heavy atom. The van der Waals surface area contributed by atoms with Crippen molar-refractivity contribution in [2.45, 2.75) is 19.9 Å². The van der Waals surface area contributed by atoms with Crippen molar-refractivity contribution >= 4 is 33.2 Å². The molecular formula is C15H18BrN3O2S. The fraction of sp³-hybridized carbons (Fsp3) is 0.467. The van der Waals surface area contributed by atoms with Gasteiger partial charge in [-0.1, -0.05) is 5.16 Å². The number of aryl methyl sites for hydroxylation is 1. The van der Waals surface area contributed by atoms with Crippen molar-refractivity contribution in [3.05, 3.63) is 38.3 Å². The quantitative estimate of drug-likeness (QED) is 0.816. The van der Waals surface area contributed by atoms with Gasteiger partial charge in [-0.05, 0) is 40.7 Å². The Bertz CT molecular complexity index is 655. The van der Waals surface area contributed by atoms with Gasteiger partial charge in [-0.3, -0.25) is 9.69 Å². The third kappa shape index (κ3) is 3.59. The SMILES string of the molecule is Cc1cc(CN2CCCN(C(=O)c3sccc3Br)CC2)no1. The van der Waals surface area contributed by atoms with Crippen molar-refractivity contribution in [2.24, 2.45) is 0 Å². The lowest BCUT2D eigenvalue weighted by atomic mass is 10.3. The highest BCUT2D eigenvalue weighted by atomic mass is 79.9. The zero-order valence-corrected chi connectivity index (χ0v) is 14.8. The average Bonchev–Trinajstić information content (AvgIpc) is 3.02. The normalized spacial score (nSPS) is 16.7. The summed E-state index contributed by atoms with van der Waals surface area (Å²) in [5, 5.41) is 5.98. The average molecular weight is 384 g/mol. The van der Waals surface area contributed by atoms with Crippen LogP contribution in [0.25, 0.3) is 0 Å². The lowest BCUT2D eigenvalue weighted by Crippen LogP contribution is -2.34. The smallest absolute Gasteiger partial charge is 0.265 e. The molecule has 0 bridgehead atoms. The molecule has 5 nitrogen and oxygen atoms in total. The van der Waals surface area contributed by atoms with Crippen LogP contribution in [0.15, 0.2) is 26.5 Å². The van der Waals surface area contributed by atoms with Gasteiger partial charge in [0.15, 0.2) is 0 Å². The molecule has 22 heavy (non-hydrogen) atoms. The summed E-state index contributed by atoms with van der Waals surface area (Å²) in [4.78, 5) is 17.6. The number of hydrogen-bond acceptors (Lipinski definition) is 5. The summed E-state index contributed by atoms with van der Waals surface area (Å²) in [6.45, 7) is 6.07. The van der Waals surface area contributed by atoms with Gasteiger partial charge in [0.2, 0.25) is 0 Å². The summed E-state index contributed by atoms with van der Waals surface area (Å²) in [6.07, 6.45) is 0.978. The van der Waals surface area contributed by atoms with Crippen molar-refractivity contribution in [3.8, 4) is 0 Å². The second-order valence-corrected chi connectivity index (χ2v) is 7.22. The van der Waals surface area contributed by atoms with Gasteiger partial charge in [-0.25, -0.2) is 0 Å². The molecule has 1 saturated heterocycles. The highest BCUT2D eigenvalue weighted by molar-refractivity contribution is 9.10. The zero-order valence-electron chi connectivity index (χ0n) is 12.4. The Morgan fingerprint density at radius 1 is 1.41 bits per heavy atom. The molecule has 0 spiro atoms. The van der Waals surface area contributed by atoms with Crippen molar-refractivity contribution in [1.82, 2.24) is 15.0 Å². The summed E-state index contributed by atoms with van der Waals surface area (Å²) in [5.74, 6) is 0.963. The Morgan fingerprint density at radius 3 is 2.95 bits per heavy atom. The number of hydrogen-bond donors (Lipinski definition) is 0. The number of halogens is 1. The van der Waals surface area contributed by atoms with Crippen LogP contribution in [0.1, 0.15) is 27.5 Å². The van der Waals surface area contributed by atoms with Gasteiger partial charge in [0, 0.05) is 43.3 Å². The summed E-state index contributed by atoms with van der Waals surface area (Å²) in [7, 11) is 0. The summed E-state index contributed by atoms with van der Waals surface area (Å²) in [5.41, 5.74) is 0.957. The van der Waals surface area contributed by atoms with E-state index in [2.05, 4.69) is 26.0 Å². The summed E-state index contributed by atoms with van der Waals surface area (Å²) < 4.78 is 6.00. The number of carbonyl (C=O) groups is 1. The molecule has 2 aromatic heterocycles. The van der Waals surface area contributed by atoms with Crippen LogP contribution in [0.2, 0.25) is 0 Å². The van der Waals surface area contributed by atoms with E-state index in [9.17, 15) is 4.79 Å². The van der Waals surface area contributed by atoms with Crippen molar-refractivity contribution in [2.75, 3.05) is 26.2 Å². The van der Waals surface area contributed by atoms with Crippen LogP contribution < -0.4 is 0 Å². The molecule has 3 heterocycles. The molecule has 0 N–H and O–H groups in total. The lowest BCUT2D eigenvalue weighted by Gasteiger charge is -2.21. The third-order valence-corrected chi connectivity index (χ3v) is 5.58. The molecule has 1 amide bonds. The molecule has 1 fully saturated rings. The maximum Gasteiger partial charge on any atom is 0.265 e. The number of rotatable bonds is 3. The van der Waals surface area contributed by atoms with E-state index >= 15 is 0 Å². The predicted molar refractivity (Wildman–Crippen MR) is 89.1 cm³/mol. The second kappa shape index (κ2) is 6.93. The van der Waals surface area contributed by atoms with Crippen LogP contribution in [-0.4, -0.2) is 47.0 Å². The first-order chi connectivity index (χ1) is 10.6. The van der Waals surface area contributed by atoms with Gasteiger partial charge < -0.3 is 9.42 Å². The Kier molecular flexibility index (Phi) is 4.95. The molecule has 1 aliphatic heterocycles. The van der Waals surface area contributed by atoms with E-state index in [0.717, 1.165) is 59.9 Å². The van der Waals surface area contributed by atoms with E-state index < -0.39 is 0 Å². The molecule has 0 unspecified atom stereocenters. The number of thiophene rings is 1. The van der Waals surface area contributed by atoms with Gasteiger partial charge >= 0.3 is 0 Å². The van der Waals surface area contributed by atoms with Gasteiger partial charge in [0.1, 0.15) is 10.6 Å². The minimum Gasteiger partial charge on any atom is -0.361 e. The van der Waals surface area contributed by atoms with Gasteiger partial charge in [0.25, 0.3) is 5.91 Å². The van der Waals surface area contributed by atoms with E-state index in [4.69, 9.17) is 4.52 Å². The van der Waals surface area contributed by atoms with E-state index in [0.29, 0.717) is 0 Å². The van der Waals surface area contributed by atoms with Crippen LogP contribution in [0, 0.1) is 6.92 Å². The van der Waals surface area contributed by atoms with Crippen molar-refractivity contribution in [3.63, 3.8) is 0 Å². The topological polar surface area (TPSA) is 49.6 Å². The minimum atomic E-state index is 0.126. The second-order valence-electron chi connectivity index (χ2n) is 5.45. The maximum atomic E-state index is 12.6. The molecule has 3 rings (SSSR count). The van der Waals surface area contributed by atoms with E-state index in [-0.39, 0.29) is 5.91 Å². The largest absolute Gasteiger partial charge is 0.361 e. The molecule has 0 aromatic carbocycles. The Balaban J connectivity index is 1.60. The van der Waals surface area contributed by atoms with Gasteiger partial charge in [-0.2, -0.15) is 0 Å². The van der Waals surface area contributed by atoms with E-state index in [1.54, 1.807) is 0 Å². The molecule has 2 aromatic rings. The summed E-state index contributed by atoms with van der Waals surface area (Å²) in [6, 6.07) is 3.89. The van der Waals surface area contributed by atoms with Gasteiger partial charge in [0.05, 0.1) is 5.69 Å². The number of amides is 1. The van der Waals surface area contributed by atoms with Crippen LogP contribution >= 0.6 is 27.3 Å². The maximum absolute atomic E-state index is 12.6. The number of nitrogens with zero attached hydrogens (tertiary/aromatic N) is 3. The van der Waals surface area contributed by atoms with Crippen LogP contribution in [-0.2, 0) is 6.54 Å². The third-order valence-electron chi connectivity index (χ3n) is 3.75. The number of carbonyl (C=O) groups excluding carboxylic acids is 1. The predicted octanol–water partition coefficient (Wildman–Crippen LogP) is 3.16. The molecule has 0 atom stereocenters. The van der Waals surface area contributed by atoms with Crippen molar-refractivity contribution in [1.29, 1.82) is 0 Å². The highest BCUT2D eigenvalue weighted by Gasteiger charge is 2.23. The van der Waals surface area contributed by atoms with E-state index in [1.165, 1.54) is 11.3 Å². The zero-order chi connectivity index (χ0) is 15.5. The monoisotopic (exact) mass is 383 g/mol. The lowest BCUT2D eigenvalue weighted by molar-refractivity contribution is 0.0765. The summed E-state index contributed by atoms with van der Waals surface area (Å²) >= 11 is 4.94. The van der Waals surface area contributed by atoms with E-state index in [1.807, 2.05) is 29.3 Å². The van der Waals surface area contributed by atoms with Crippen LogP contribution in [0.3, 0.4) is 0 Å². The fourth-order valence-corrected chi connectivity index (χ4v) is 4.15. The first kappa shape index (κ1) is 15.7. The van der Waals surface area contributed by atoms with Crippen LogP contribution in [0.5, 0.6) is 0 Å². The van der Waals surface area contributed by atoms with Crippen LogP contribution in [0.4, 0.5) is 0 Å². The fourth-order valence-electron chi connectivity index (χ4n) is 2.64. The van der Waals surface area contributed by atoms with Gasteiger partial charge in [-0.15, -0.1) is 11.3 Å². The Hall–Kier alpha value is -1.18. The highest BCUT2D eigenvalue weighted by Crippen LogP contribution is 2.24. The molecular weight excluding hydrogens is 366 g/mol. The molecule has 0 radical (unpaired) electrons. The van der Waals surface area contributed by atoms with Crippen molar-refractivity contribution < 1.29 is 9.32 Å².